The van der Waals surface area contributed by atoms with E-state index < -0.39 is 0 Å². The summed E-state index contributed by atoms with van der Waals surface area (Å²) in [5, 5.41) is 9.43. The SMILES string of the molecule is Br.COc1ccc(N2CCC(N(C)C(=O)n3cnc(-c4ccc(C)cc4)c3)CC2)cc1.COc1ccc(N2CCC(N(C)C(=O)n3cnc(-c4ccc(O)cc4)c3)CC2)cc1. The van der Waals surface area contributed by atoms with Crippen LogP contribution in [0.25, 0.3) is 22.5 Å². The molecule has 14 heteroatoms. The Hall–Kier alpha value is -6.28. The number of imidazole rings is 2. The predicted octanol–water partition coefficient (Wildman–Crippen LogP) is 8.85. The van der Waals surface area contributed by atoms with Gasteiger partial charge in [0, 0.05) is 87.3 Å². The summed E-state index contributed by atoms with van der Waals surface area (Å²) in [5.41, 5.74) is 6.96. The minimum atomic E-state index is -0.0876. The molecule has 0 spiro atoms. The van der Waals surface area contributed by atoms with Gasteiger partial charge in [-0.1, -0.05) is 29.8 Å². The molecule has 2 aliphatic rings. The lowest BCUT2D eigenvalue weighted by atomic mass is 10.0. The first-order chi connectivity index (χ1) is 29.1. The highest BCUT2D eigenvalue weighted by atomic mass is 79.9. The molecule has 2 aliphatic heterocycles. The number of hydrogen-bond donors (Lipinski definition) is 1. The van der Waals surface area contributed by atoms with E-state index in [1.165, 1.54) is 21.5 Å². The average molecular weight is 892 g/mol. The summed E-state index contributed by atoms with van der Waals surface area (Å²) in [4.78, 5) is 43.1. The minimum Gasteiger partial charge on any atom is -0.508 e. The van der Waals surface area contributed by atoms with Gasteiger partial charge in [0.25, 0.3) is 0 Å². The smallest absolute Gasteiger partial charge is 0.329 e. The van der Waals surface area contributed by atoms with Crippen LogP contribution >= 0.6 is 17.0 Å². The fraction of sp³-hybridized carbons (Fsp3) is 0.319. The maximum atomic E-state index is 13.0. The Balaban J connectivity index is 0.000000201. The largest absolute Gasteiger partial charge is 0.508 e. The zero-order valence-electron chi connectivity index (χ0n) is 35.4. The van der Waals surface area contributed by atoms with Crippen LogP contribution in [0.15, 0.2) is 122 Å². The van der Waals surface area contributed by atoms with E-state index in [9.17, 15) is 14.7 Å². The van der Waals surface area contributed by atoms with Gasteiger partial charge in [0.1, 0.15) is 29.9 Å². The van der Waals surface area contributed by atoms with Crippen molar-refractivity contribution >= 4 is 40.4 Å². The summed E-state index contributed by atoms with van der Waals surface area (Å²) in [6, 6.07) is 31.5. The van der Waals surface area contributed by atoms with Gasteiger partial charge in [0.2, 0.25) is 0 Å². The molecule has 320 valence electrons. The first-order valence-electron chi connectivity index (χ1n) is 20.4. The normalized spacial score (nSPS) is 14.3. The van der Waals surface area contributed by atoms with Crippen LogP contribution < -0.4 is 19.3 Å². The highest BCUT2D eigenvalue weighted by Gasteiger charge is 2.28. The molecular formula is C47H55BrN8O5. The maximum Gasteiger partial charge on any atom is 0.329 e. The number of phenols is 1. The number of benzene rings is 4. The number of halogens is 1. The number of aromatic hydroxyl groups is 1. The third-order valence-corrected chi connectivity index (χ3v) is 11.6. The zero-order chi connectivity index (χ0) is 42.2. The summed E-state index contributed by atoms with van der Waals surface area (Å²) >= 11 is 0. The van der Waals surface area contributed by atoms with Crippen LogP contribution in [0, 0.1) is 6.92 Å². The topological polar surface area (TPSA) is 121 Å². The lowest BCUT2D eigenvalue weighted by Gasteiger charge is -2.37. The number of amides is 2. The van der Waals surface area contributed by atoms with Crippen LogP contribution in [-0.2, 0) is 0 Å². The van der Waals surface area contributed by atoms with Gasteiger partial charge < -0.3 is 34.2 Å². The number of hydrogen-bond acceptors (Lipinski definition) is 9. The number of aryl methyl sites for hydroxylation is 1. The van der Waals surface area contributed by atoms with Gasteiger partial charge in [0.15, 0.2) is 0 Å². The number of rotatable bonds is 8. The van der Waals surface area contributed by atoms with E-state index in [0.29, 0.717) is 5.69 Å². The fourth-order valence-electron chi connectivity index (χ4n) is 7.79. The van der Waals surface area contributed by atoms with Crippen molar-refractivity contribution in [3.05, 3.63) is 128 Å². The number of methoxy groups -OCH3 is 2. The van der Waals surface area contributed by atoms with Gasteiger partial charge in [-0.05, 0) is 105 Å². The van der Waals surface area contributed by atoms with E-state index >= 15 is 0 Å². The second-order valence-electron chi connectivity index (χ2n) is 15.4. The number of piperidine rings is 2. The van der Waals surface area contributed by atoms with Crippen LogP contribution in [-0.4, -0.2) is 113 Å². The van der Waals surface area contributed by atoms with Crippen LogP contribution in [0.2, 0.25) is 0 Å². The second-order valence-corrected chi connectivity index (χ2v) is 15.4. The van der Waals surface area contributed by atoms with Gasteiger partial charge >= 0.3 is 12.1 Å². The number of ether oxygens (including phenoxy) is 2. The van der Waals surface area contributed by atoms with E-state index in [2.05, 4.69) is 63.1 Å². The number of phenolic OH excluding ortho intramolecular Hbond substituents is 1. The summed E-state index contributed by atoms with van der Waals surface area (Å²) in [7, 11) is 7.09. The van der Waals surface area contributed by atoms with E-state index in [-0.39, 0.29) is 46.9 Å². The number of aromatic nitrogens is 4. The van der Waals surface area contributed by atoms with Gasteiger partial charge in [-0.2, -0.15) is 0 Å². The molecule has 61 heavy (non-hydrogen) atoms. The standard InChI is InChI=1S/C24H28N4O2.C23H26N4O3.BrH/c1-18-4-6-19(7-5-18)23-16-28(17-25-23)24(29)26(2)20-12-14-27(15-13-20)21-8-10-22(30-3)11-9-21;1-25(18-11-13-26(14-12-18)19-5-9-21(30-2)10-6-19)23(29)27-15-22(24-16-27)17-3-7-20(28)8-4-17;/h4-11,16-17,20H,12-15H2,1-3H3;3-10,15-16,18,28H,11-14H2,1-2H3;1H. The summed E-state index contributed by atoms with van der Waals surface area (Å²) in [6.45, 7) is 5.70. The third kappa shape index (κ3) is 10.7. The van der Waals surface area contributed by atoms with E-state index in [0.717, 1.165) is 80.2 Å². The Bertz CT molecular complexity index is 2150. The number of anilines is 2. The molecule has 2 aromatic heterocycles. The molecule has 4 heterocycles. The van der Waals surface area contributed by atoms with Crippen molar-refractivity contribution < 1.29 is 24.2 Å². The predicted molar refractivity (Wildman–Crippen MR) is 246 cm³/mol. The molecule has 8 rings (SSSR count). The van der Waals surface area contributed by atoms with Crippen molar-refractivity contribution in [2.75, 3.05) is 64.3 Å². The third-order valence-electron chi connectivity index (χ3n) is 11.6. The van der Waals surface area contributed by atoms with Gasteiger partial charge in [-0.3, -0.25) is 9.13 Å². The molecule has 0 saturated carbocycles. The van der Waals surface area contributed by atoms with E-state index in [4.69, 9.17) is 9.47 Å². The first-order valence-corrected chi connectivity index (χ1v) is 20.4. The van der Waals surface area contributed by atoms with E-state index in [1.807, 2.05) is 66.5 Å². The van der Waals surface area contributed by atoms with Crippen molar-refractivity contribution in [3.8, 4) is 39.8 Å². The zero-order valence-corrected chi connectivity index (χ0v) is 37.1. The Morgan fingerprint density at radius 1 is 0.590 bits per heavy atom. The van der Waals surface area contributed by atoms with Crippen molar-refractivity contribution in [2.24, 2.45) is 0 Å². The Morgan fingerprint density at radius 2 is 0.951 bits per heavy atom. The molecular weight excluding hydrogens is 836 g/mol. The van der Waals surface area contributed by atoms with Crippen molar-refractivity contribution in [2.45, 2.75) is 44.7 Å². The molecule has 13 nitrogen and oxygen atoms in total. The van der Waals surface area contributed by atoms with Crippen LogP contribution in [0.1, 0.15) is 31.2 Å². The quantitative estimate of drug-likeness (QED) is 0.160. The molecule has 0 radical (unpaired) electrons. The van der Waals surface area contributed by atoms with Crippen LogP contribution in [0.4, 0.5) is 21.0 Å². The second kappa shape index (κ2) is 20.3. The number of nitrogens with zero attached hydrogens (tertiary/aromatic N) is 8. The molecule has 4 aromatic carbocycles. The molecule has 0 bridgehead atoms. The molecule has 2 fully saturated rings. The molecule has 0 atom stereocenters. The van der Waals surface area contributed by atoms with Gasteiger partial charge in [-0.25, -0.2) is 19.6 Å². The average Bonchev–Trinajstić information content (AvgIpc) is 4.01. The van der Waals surface area contributed by atoms with Crippen molar-refractivity contribution in [1.29, 1.82) is 0 Å². The molecule has 2 saturated heterocycles. The molecule has 2 amide bonds. The monoisotopic (exact) mass is 890 g/mol. The lowest BCUT2D eigenvalue weighted by Crippen LogP contribution is -2.46. The molecule has 0 unspecified atom stereocenters. The minimum absolute atomic E-state index is 0. The molecule has 6 aromatic rings. The van der Waals surface area contributed by atoms with Crippen molar-refractivity contribution in [3.63, 3.8) is 0 Å². The van der Waals surface area contributed by atoms with Gasteiger partial charge in [-0.15, -0.1) is 17.0 Å². The Labute approximate surface area is 368 Å². The Morgan fingerprint density at radius 3 is 1.31 bits per heavy atom. The summed E-state index contributed by atoms with van der Waals surface area (Å²) < 4.78 is 13.6. The van der Waals surface area contributed by atoms with Crippen LogP contribution in [0.5, 0.6) is 17.2 Å². The van der Waals surface area contributed by atoms with Gasteiger partial charge in [0.05, 0.1) is 25.6 Å². The van der Waals surface area contributed by atoms with Crippen molar-refractivity contribution in [1.82, 2.24) is 28.9 Å². The van der Waals surface area contributed by atoms with Crippen LogP contribution in [0.3, 0.4) is 0 Å². The highest BCUT2D eigenvalue weighted by Crippen LogP contribution is 2.27. The summed E-state index contributed by atoms with van der Waals surface area (Å²) in [5.74, 6) is 1.92. The summed E-state index contributed by atoms with van der Waals surface area (Å²) in [6.07, 6.45) is 10.4. The highest BCUT2D eigenvalue weighted by molar-refractivity contribution is 8.93. The Kier molecular flexibility index (Phi) is 14.7. The number of carbonyl (C=O) groups is 2. The maximum absolute atomic E-state index is 13.0. The molecule has 0 aliphatic carbocycles. The molecule has 1 N–H and O–H groups in total. The van der Waals surface area contributed by atoms with E-state index in [1.54, 1.807) is 61.9 Å². The lowest BCUT2D eigenvalue weighted by molar-refractivity contribution is 0.180. The first kappa shape index (κ1) is 44.3. The number of carbonyl (C=O) groups excluding carboxylic acids is 2. The fourth-order valence-corrected chi connectivity index (χ4v) is 7.79.